The smallest absolute Gasteiger partial charge is 0.124 e. The minimum atomic E-state index is -0.663. The van der Waals surface area contributed by atoms with Gasteiger partial charge >= 0.3 is 0 Å². The Morgan fingerprint density at radius 2 is 2.26 bits per heavy atom. The van der Waals surface area contributed by atoms with Crippen LogP contribution in [0.5, 0.6) is 5.75 Å². The first-order chi connectivity index (χ1) is 9.26. The van der Waals surface area contributed by atoms with Crippen molar-refractivity contribution in [2.75, 3.05) is 25.5 Å². The molecule has 0 saturated heterocycles. The first-order valence-electron chi connectivity index (χ1n) is 6.62. The highest BCUT2D eigenvalue weighted by atomic mass is 32.2. The molecule has 0 fully saturated rings. The third-order valence-electron chi connectivity index (χ3n) is 3.17. The molecule has 4 nitrogen and oxygen atoms in total. The van der Waals surface area contributed by atoms with Crippen LogP contribution in [0.1, 0.15) is 18.5 Å². The van der Waals surface area contributed by atoms with E-state index in [9.17, 15) is 5.11 Å². The Bertz CT molecular complexity index is 402. The van der Waals surface area contributed by atoms with Gasteiger partial charge in [-0.1, -0.05) is 25.1 Å². The van der Waals surface area contributed by atoms with Crippen LogP contribution in [0.25, 0.3) is 0 Å². The summed E-state index contributed by atoms with van der Waals surface area (Å²) in [5.74, 6) is 1.46. The molecule has 1 aromatic carbocycles. The van der Waals surface area contributed by atoms with Crippen molar-refractivity contribution in [1.82, 2.24) is 5.32 Å². The average molecular weight is 283 g/mol. The van der Waals surface area contributed by atoms with Gasteiger partial charge in [-0.2, -0.15) is 11.8 Å². The van der Waals surface area contributed by atoms with Gasteiger partial charge in [-0.25, -0.2) is 0 Å². The summed E-state index contributed by atoms with van der Waals surface area (Å²) in [6.45, 7) is 3.40. The van der Waals surface area contributed by atoms with Crippen LogP contribution in [0.4, 0.5) is 0 Å². The summed E-state index contributed by atoms with van der Waals surface area (Å²) >= 11 is 1.64. The second-order valence-electron chi connectivity index (χ2n) is 4.59. The molecule has 19 heavy (non-hydrogen) atoms. The number of nitrogens with one attached hydrogen (secondary N) is 1. The van der Waals surface area contributed by atoms with E-state index in [1.165, 1.54) is 5.56 Å². The number of ether oxygens (including phenoxy) is 1. The largest absolute Gasteiger partial charge is 0.492 e. The van der Waals surface area contributed by atoms with Crippen LogP contribution in [0.2, 0.25) is 0 Å². The molecule has 0 aliphatic carbocycles. The topological polar surface area (TPSA) is 61.7 Å². The van der Waals surface area contributed by atoms with Crippen LogP contribution in [0, 0.1) is 0 Å². The maximum absolute atomic E-state index is 9.47. The molecule has 1 heterocycles. The minimum absolute atomic E-state index is 0.191. The fourth-order valence-electron chi connectivity index (χ4n) is 2.23. The Labute approximate surface area is 118 Å². The molecular weight excluding hydrogens is 262 g/mol. The predicted octanol–water partition coefficient (Wildman–Crippen LogP) is 1.18. The summed E-state index contributed by atoms with van der Waals surface area (Å²) in [5.41, 5.74) is 1.17. The predicted molar refractivity (Wildman–Crippen MR) is 77.7 cm³/mol. The lowest BCUT2D eigenvalue weighted by atomic mass is 10.0. The number of aliphatic hydroxyl groups excluding tert-OH is 2. The van der Waals surface area contributed by atoms with Gasteiger partial charge in [0, 0.05) is 11.3 Å². The molecule has 0 aromatic heterocycles. The maximum atomic E-state index is 9.47. The molecule has 3 unspecified atom stereocenters. The standard InChI is InChI=1S/C14H21NO3S/c1-2-15-14-11-5-3-4-6-12(11)18-8-13(14)19-9-10(17)7-16/h3-6,10,13-17H,2,7-9H2,1H3. The second kappa shape index (κ2) is 7.14. The van der Waals surface area contributed by atoms with E-state index in [4.69, 9.17) is 9.84 Å². The third-order valence-corrected chi connectivity index (χ3v) is 4.58. The van der Waals surface area contributed by atoms with Gasteiger partial charge in [0.05, 0.1) is 24.0 Å². The summed E-state index contributed by atoms with van der Waals surface area (Å²) < 4.78 is 5.77. The quantitative estimate of drug-likeness (QED) is 0.732. The summed E-state index contributed by atoms with van der Waals surface area (Å²) in [7, 11) is 0. The maximum Gasteiger partial charge on any atom is 0.124 e. The SMILES string of the molecule is CCNC1c2ccccc2OCC1SCC(O)CO. The first kappa shape index (κ1) is 14.7. The number of hydrogen-bond acceptors (Lipinski definition) is 5. The number of rotatable bonds is 6. The Hall–Kier alpha value is -0.750. The monoisotopic (exact) mass is 283 g/mol. The highest BCUT2D eigenvalue weighted by Crippen LogP contribution is 2.37. The highest BCUT2D eigenvalue weighted by Gasteiger charge is 2.30. The van der Waals surface area contributed by atoms with Gasteiger partial charge < -0.3 is 20.3 Å². The van der Waals surface area contributed by atoms with Gasteiger partial charge in [0.1, 0.15) is 12.4 Å². The van der Waals surface area contributed by atoms with Crippen molar-refractivity contribution in [3.8, 4) is 5.75 Å². The lowest BCUT2D eigenvalue weighted by Crippen LogP contribution is -2.38. The normalized spacial score (nSPS) is 23.5. The molecule has 0 amide bonds. The lowest BCUT2D eigenvalue weighted by Gasteiger charge is -2.34. The Kier molecular flexibility index (Phi) is 5.51. The van der Waals surface area contributed by atoms with Crippen LogP contribution >= 0.6 is 11.8 Å². The zero-order chi connectivity index (χ0) is 13.7. The van der Waals surface area contributed by atoms with Crippen molar-refractivity contribution in [3.63, 3.8) is 0 Å². The van der Waals surface area contributed by atoms with Crippen molar-refractivity contribution < 1.29 is 14.9 Å². The van der Waals surface area contributed by atoms with Crippen molar-refractivity contribution in [2.24, 2.45) is 0 Å². The Balaban J connectivity index is 2.08. The van der Waals surface area contributed by atoms with E-state index in [0.29, 0.717) is 12.4 Å². The number of hydrogen-bond donors (Lipinski definition) is 3. The van der Waals surface area contributed by atoms with E-state index < -0.39 is 6.10 Å². The zero-order valence-corrected chi connectivity index (χ0v) is 11.9. The van der Waals surface area contributed by atoms with Gasteiger partial charge in [-0.15, -0.1) is 0 Å². The van der Waals surface area contributed by atoms with Crippen LogP contribution in [0.3, 0.4) is 0 Å². The molecule has 5 heteroatoms. The molecule has 1 aromatic rings. The van der Waals surface area contributed by atoms with Crippen LogP contribution in [-0.2, 0) is 0 Å². The number of benzene rings is 1. The highest BCUT2D eigenvalue weighted by molar-refractivity contribution is 8.00. The number of aliphatic hydroxyl groups is 2. The van der Waals surface area contributed by atoms with E-state index in [1.54, 1.807) is 11.8 Å². The summed E-state index contributed by atoms with van der Waals surface area (Å²) in [4.78, 5) is 0. The number of fused-ring (bicyclic) bond motifs is 1. The molecule has 2 rings (SSSR count). The summed E-state index contributed by atoms with van der Waals surface area (Å²) in [6.07, 6.45) is -0.663. The van der Waals surface area contributed by atoms with E-state index in [2.05, 4.69) is 18.3 Å². The molecular formula is C14H21NO3S. The van der Waals surface area contributed by atoms with Gasteiger partial charge in [0.2, 0.25) is 0 Å². The Morgan fingerprint density at radius 1 is 1.47 bits per heavy atom. The van der Waals surface area contributed by atoms with Crippen molar-refractivity contribution >= 4 is 11.8 Å². The first-order valence-corrected chi connectivity index (χ1v) is 7.66. The molecule has 3 N–H and O–H groups in total. The molecule has 1 aliphatic rings. The fourth-order valence-corrected chi connectivity index (χ4v) is 3.40. The van der Waals surface area contributed by atoms with E-state index in [0.717, 1.165) is 12.3 Å². The van der Waals surface area contributed by atoms with Crippen molar-refractivity contribution in [2.45, 2.75) is 24.3 Å². The number of para-hydroxylation sites is 1. The third kappa shape index (κ3) is 3.63. The molecule has 0 saturated carbocycles. The van der Waals surface area contributed by atoms with Gasteiger partial charge in [-0.3, -0.25) is 0 Å². The van der Waals surface area contributed by atoms with E-state index in [-0.39, 0.29) is 17.9 Å². The molecule has 0 spiro atoms. The summed E-state index contributed by atoms with van der Waals surface area (Å²) in [6, 6.07) is 8.29. The lowest BCUT2D eigenvalue weighted by molar-refractivity contribution is 0.113. The molecule has 0 bridgehead atoms. The molecule has 1 aliphatic heterocycles. The van der Waals surface area contributed by atoms with E-state index >= 15 is 0 Å². The zero-order valence-electron chi connectivity index (χ0n) is 11.1. The van der Waals surface area contributed by atoms with Gasteiger partial charge in [0.25, 0.3) is 0 Å². The molecule has 106 valence electrons. The van der Waals surface area contributed by atoms with Gasteiger partial charge in [0.15, 0.2) is 0 Å². The molecule has 3 atom stereocenters. The summed E-state index contributed by atoms with van der Waals surface area (Å²) in [5, 5.41) is 22.1. The van der Waals surface area contributed by atoms with Crippen molar-refractivity contribution in [1.29, 1.82) is 0 Å². The van der Waals surface area contributed by atoms with Crippen LogP contribution < -0.4 is 10.1 Å². The van der Waals surface area contributed by atoms with Crippen molar-refractivity contribution in [3.05, 3.63) is 29.8 Å². The van der Waals surface area contributed by atoms with Gasteiger partial charge in [-0.05, 0) is 12.6 Å². The molecule has 0 radical (unpaired) electrons. The Morgan fingerprint density at radius 3 is 3.00 bits per heavy atom. The number of thioether (sulfide) groups is 1. The fraction of sp³-hybridized carbons (Fsp3) is 0.571. The average Bonchev–Trinajstić information content (AvgIpc) is 2.46. The van der Waals surface area contributed by atoms with E-state index in [1.807, 2.05) is 18.2 Å². The van der Waals surface area contributed by atoms with Crippen LogP contribution in [-0.4, -0.2) is 47.1 Å². The van der Waals surface area contributed by atoms with Crippen LogP contribution in [0.15, 0.2) is 24.3 Å². The second-order valence-corrected chi connectivity index (χ2v) is 5.86. The minimum Gasteiger partial charge on any atom is -0.492 e.